The normalized spacial score (nSPS) is 14.2. The fraction of sp³-hybridized carbons (Fsp3) is 0.481. The third-order valence-corrected chi connectivity index (χ3v) is 6.32. The summed E-state index contributed by atoms with van der Waals surface area (Å²) in [5, 5.41) is 3.05. The maximum Gasteiger partial charge on any atom is 0.322 e. The number of urea groups is 1. The second kappa shape index (κ2) is 12.4. The number of nitrogens with zero attached hydrogens (tertiary/aromatic N) is 2. The molecule has 0 aromatic heterocycles. The fourth-order valence-corrected chi connectivity index (χ4v) is 4.13. The quantitative estimate of drug-likeness (QED) is 0.524. The SMILES string of the molecule is COCCCCN(Cc1ccccc1)C(=O)Nc1ccc(C(=O)N2CCC(C)CC2)cc1C. The number of ether oxygens (including phenoxy) is 1. The van der Waals surface area contributed by atoms with E-state index in [9.17, 15) is 9.59 Å². The molecule has 1 aliphatic heterocycles. The van der Waals surface area contributed by atoms with Crippen LogP contribution >= 0.6 is 0 Å². The van der Waals surface area contributed by atoms with E-state index in [1.54, 1.807) is 7.11 Å². The molecule has 6 nitrogen and oxygen atoms in total. The second-order valence-corrected chi connectivity index (χ2v) is 9.04. The summed E-state index contributed by atoms with van der Waals surface area (Å²) >= 11 is 0. The zero-order valence-corrected chi connectivity index (χ0v) is 20.2. The first kappa shape index (κ1) is 24.8. The van der Waals surface area contributed by atoms with Crippen molar-refractivity contribution in [3.05, 3.63) is 65.2 Å². The number of likely N-dealkylation sites (tertiary alicyclic amines) is 1. The highest BCUT2D eigenvalue weighted by Crippen LogP contribution is 2.22. The van der Waals surface area contributed by atoms with Crippen molar-refractivity contribution in [2.75, 3.05) is 38.7 Å². The van der Waals surface area contributed by atoms with Gasteiger partial charge in [0.05, 0.1) is 0 Å². The van der Waals surface area contributed by atoms with E-state index in [0.29, 0.717) is 31.2 Å². The Balaban J connectivity index is 1.65. The van der Waals surface area contributed by atoms with Crippen LogP contribution in [0.2, 0.25) is 0 Å². The van der Waals surface area contributed by atoms with Crippen molar-refractivity contribution < 1.29 is 14.3 Å². The zero-order chi connectivity index (χ0) is 23.6. The van der Waals surface area contributed by atoms with Gasteiger partial charge in [-0.2, -0.15) is 0 Å². The highest BCUT2D eigenvalue weighted by Gasteiger charge is 2.22. The van der Waals surface area contributed by atoms with Gasteiger partial charge in [-0.1, -0.05) is 37.3 Å². The summed E-state index contributed by atoms with van der Waals surface area (Å²) in [6, 6.07) is 15.4. The predicted octanol–water partition coefficient (Wildman–Crippen LogP) is 5.33. The molecule has 2 aromatic carbocycles. The Morgan fingerprint density at radius 2 is 1.82 bits per heavy atom. The standard InChI is InChI=1S/C27H37N3O3/c1-21-13-16-29(17-14-21)26(31)24-11-12-25(22(2)19-24)28-27(32)30(15-7-8-18-33-3)20-23-9-5-4-6-10-23/h4-6,9-12,19,21H,7-8,13-18,20H2,1-3H3,(H,28,32). The number of unbranched alkanes of at least 4 members (excludes halogenated alkanes) is 1. The number of anilines is 1. The molecule has 0 bridgehead atoms. The van der Waals surface area contributed by atoms with Gasteiger partial charge in [0.15, 0.2) is 0 Å². The molecule has 2 aromatic rings. The first-order valence-electron chi connectivity index (χ1n) is 12.0. The van der Waals surface area contributed by atoms with Crippen LogP contribution in [0.15, 0.2) is 48.5 Å². The average Bonchev–Trinajstić information content (AvgIpc) is 2.83. The van der Waals surface area contributed by atoms with E-state index in [4.69, 9.17) is 4.74 Å². The van der Waals surface area contributed by atoms with Gasteiger partial charge >= 0.3 is 6.03 Å². The number of hydrogen-bond acceptors (Lipinski definition) is 3. The van der Waals surface area contributed by atoms with E-state index >= 15 is 0 Å². The van der Waals surface area contributed by atoms with Crippen molar-refractivity contribution in [3.8, 4) is 0 Å². The Labute approximate surface area is 197 Å². The maximum atomic E-state index is 13.1. The Hall–Kier alpha value is -2.86. The van der Waals surface area contributed by atoms with Gasteiger partial charge in [0, 0.05) is 51.1 Å². The molecule has 0 atom stereocenters. The first-order valence-corrected chi connectivity index (χ1v) is 12.0. The van der Waals surface area contributed by atoms with Crippen LogP contribution in [0.5, 0.6) is 0 Å². The molecule has 0 saturated carbocycles. The Morgan fingerprint density at radius 1 is 1.09 bits per heavy atom. The smallest absolute Gasteiger partial charge is 0.322 e. The van der Waals surface area contributed by atoms with Gasteiger partial charge in [0.2, 0.25) is 0 Å². The van der Waals surface area contributed by atoms with Crippen molar-refractivity contribution in [3.63, 3.8) is 0 Å². The Kier molecular flexibility index (Phi) is 9.31. The van der Waals surface area contributed by atoms with E-state index in [2.05, 4.69) is 12.2 Å². The van der Waals surface area contributed by atoms with Crippen molar-refractivity contribution >= 4 is 17.6 Å². The van der Waals surface area contributed by atoms with Crippen molar-refractivity contribution in [1.29, 1.82) is 0 Å². The summed E-state index contributed by atoms with van der Waals surface area (Å²) in [5.74, 6) is 0.758. The third kappa shape index (κ3) is 7.32. The molecule has 33 heavy (non-hydrogen) atoms. The molecule has 0 unspecified atom stereocenters. The molecule has 178 valence electrons. The lowest BCUT2D eigenvalue weighted by Crippen LogP contribution is -2.38. The molecule has 0 radical (unpaired) electrons. The van der Waals surface area contributed by atoms with Crippen molar-refractivity contribution in [2.24, 2.45) is 5.92 Å². The van der Waals surface area contributed by atoms with Crippen LogP contribution in [-0.4, -0.2) is 55.1 Å². The number of nitrogens with one attached hydrogen (secondary N) is 1. The van der Waals surface area contributed by atoms with Gasteiger partial charge in [0.1, 0.15) is 0 Å². The summed E-state index contributed by atoms with van der Waals surface area (Å²) in [6.07, 6.45) is 3.89. The van der Waals surface area contributed by atoms with E-state index in [1.165, 1.54) is 0 Å². The van der Waals surface area contributed by atoms with Crippen LogP contribution < -0.4 is 5.32 Å². The largest absolute Gasteiger partial charge is 0.385 e. The molecule has 1 aliphatic rings. The highest BCUT2D eigenvalue weighted by molar-refractivity contribution is 5.96. The van der Waals surface area contributed by atoms with Crippen LogP contribution in [0.1, 0.15) is 54.1 Å². The number of hydrogen-bond donors (Lipinski definition) is 1. The van der Waals surface area contributed by atoms with Gasteiger partial charge in [-0.05, 0) is 67.9 Å². The van der Waals surface area contributed by atoms with E-state index < -0.39 is 0 Å². The number of carbonyl (C=O) groups is 2. The number of rotatable bonds is 9. The van der Waals surface area contributed by atoms with Gasteiger partial charge in [-0.25, -0.2) is 4.79 Å². The van der Waals surface area contributed by atoms with E-state index in [0.717, 1.165) is 55.6 Å². The molecule has 1 N–H and O–H groups in total. The number of carbonyl (C=O) groups excluding carboxylic acids is 2. The van der Waals surface area contributed by atoms with Crippen LogP contribution in [0.25, 0.3) is 0 Å². The lowest BCUT2D eigenvalue weighted by atomic mass is 9.98. The maximum absolute atomic E-state index is 13.1. The minimum absolute atomic E-state index is 0.0757. The van der Waals surface area contributed by atoms with Gasteiger partial charge in [-0.3, -0.25) is 4.79 Å². The monoisotopic (exact) mass is 451 g/mol. The number of piperidine rings is 1. The fourth-order valence-electron chi connectivity index (χ4n) is 4.13. The molecular weight excluding hydrogens is 414 g/mol. The van der Waals surface area contributed by atoms with Crippen LogP contribution in [0, 0.1) is 12.8 Å². The van der Waals surface area contributed by atoms with E-state index in [1.807, 2.05) is 65.3 Å². The number of benzene rings is 2. The highest BCUT2D eigenvalue weighted by atomic mass is 16.5. The summed E-state index contributed by atoms with van der Waals surface area (Å²) in [7, 11) is 1.69. The lowest BCUT2D eigenvalue weighted by molar-refractivity contribution is 0.0697. The number of methoxy groups -OCH3 is 1. The van der Waals surface area contributed by atoms with E-state index in [-0.39, 0.29) is 11.9 Å². The topological polar surface area (TPSA) is 61.9 Å². The Bertz CT molecular complexity index is 908. The number of amides is 3. The van der Waals surface area contributed by atoms with Crippen LogP contribution in [0.4, 0.5) is 10.5 Å². The molecular formula is C27H37N3O3. The minimum Gasteiger partial charge on any atom is -0.385 e. The summed E-state index contributed by atoms with van der Waals surface area (Å²) in [4.78, 5) is 29.8. The molecule has 1 heterocycles. The summed E-state index contributed by atoms with van der Waals surface area (Å²) < 4.78 is 5.14. The molecule has 1 saturated heterocycles. The zero-order valence-electron chi connectivity index (χ0n) is 20.2. The van der Waals surface area contributed by atoms with Crippen molar-refractivity contribution in [1.82, 2.24) is 9.80 Å². The lowest BCUT2D eigenvalue weighted by Gasteiger charge is -2.30. The number of aryl methyl sites for hydroxylation is 1. The van der Waals surface area contributed by atoms with Gasteiger partial charge in [-0.15, -0.1) is 0 Å². The molecule has 1 fully saturated rings. The average molecular weight is 452 g/mol. The molecule has 3 rings (SSSR count). The molecule has 3 amide bonds. The summed E-state index contributed by atoms with van der Waals surface area (Å²) in [6.45, 7) is 7.68. The Morgan fingerprint density at radius 3 is 2.48 bits per heavy atom. The second-order valence-electron chi connectivity index (χ2n) is 9.04. The molecule has 0 aliphatic carbocycles. The minimum atomic E-state index is -0.136. The van der Waals surface area contributed by atoms with Crippen LogP contribution in [0.3, 0.4) is 0 Å². The first-order chi connectivity index (χ1) is 16.0. The van der Waals surface area contributed by atoms with Gasteiger partial charge < -0.3 is 19.9 Å². The molecule has 6 heteroatoms. The summed E-state index contributed by atoms with van der Waals surface area (Å²) in [5.41, 5.74) is 3.39. The predicted molar refractivity (Wildman–Crippen MR) is 132 cm³/mol. The third-order valence-electron chi connectivity index (χ3n) is 6.32. The van der Waals surface area contributed by atoms with Crippen LogP contribution in [-0.2, 0) is 11.3 Å². The van der Waals surface area contributed by atoms with Crippen molar-refractivity contribution in [2.45, 2.75) is 46.1 Å². The molecule has 0 spiro atoms. The van der Waals surface area contributed by atoms with Gasteiger partial charge in [0.25, 0.3) is 5.91 Å².